The minimum atomic E-state index is -0.462. The summed E-state index contributed by atoms with van der Waals surface area (Å²) in [6.07, 6.45) is 1.83. The molecule has 1 aromatic heterocycles. The summed E-state index contributed by atoms with van der Waals surface area (Å²) in [4.78, 5) is 4.44. The van der Waals surface area contributed by atoms with Crippen molar-refractivity contribution < 1.29 is 0 Å². The largest absolute Gasteiger partial charge is 0.321 e. The Morgan fingerprint density at radius 2 is 1.94 bits per heavy atom. The smallest absolute Gasteiger partial charge is 0.0675 e. The first kappa shape index (κ1) is 14.2. The van der Waals surface area contributed by atoms with Gasteiger partial charge in [-0.25, -0.2) is 0 Å². The molecule has 0 radical (unpaired) electrons. The van der Waals surface area contributed by atoms with Crippen molar-refractivity contribution in [3.05, 3.63) is 40.7 Å². The number of hydrogen-bond acceptors (Lipinski definition) is 2. The van der Waals surface area contributed by atoms with Gasteiger partial charge in [-0.3, -0.25) is 4.98 Å². The highest BCUT2D eigenvalue weighted by atomic mass is 35.5. The summed E-state index contributed by atoms with van der Waals surface area (Å²) in [6, 6.07) is 5.84. The van der Waals surface area contributed by atoms with Crippen LogP contribution in [-0.4, -0.2) is 4.98 Å². The highest BCUT2D eigenvalue weighted by molar-refractivity contribution is 6.35. The number of aromatic nitrogens is 1. The van der Waals surface area contributed by atoms with Gasteiger partial charge < -0.3 is 5.73 Å². The fourth-order valence-electron chi connectivity index (χ4n) is 1.93. The summed E-state index contributed by atoms with van der Waals surface area (Å²) in [5, 5.41) is 2.84. The van der Waals surface area contributed by atoms with Gasteiger partial charge >= 0.3 is 0 Å². The summed E-state index contributed by atoms with van der Waals surface area (Å²) < 4.78 is 0. The monoisotopic (exact) mass is 270 g/mol. The van der Waals surface area contributed by atoms with Gasteiger partial charge in [0.1, 0.15) is 0 Å². The lowest BCUT2D eigenvalue weighted by atomic mass is 9.94. The number of fused-ring (bicyclic) bond motifs is 1. The van der Waals surface area contributed by atoms with Crippen LogP contribution in [0.1, 0.15) is 25.1 Å². The van der Waals surface area contributed by atoms with Crippen molar-refractivity contribution in [2.45, 2.75) is 26.3 Å². The molecule has 17 heavy (non-hydrogen) atoms. The molecule has 1 heterocycles. The van der Waals surface area contributed by atoms with Gasteiger partial charge in [0.15, 0.2) is 0 Å². The van der Waals surface area contributed by atoms with Gasteiger partial charge in [0, 0.05) is 22.0 Å². The fourth-order valence-corrected chi connectivity index (χ4v) is 2.25. The molecule has 0 amide bonds. The van der Waals surface area contributed by atoms with E-state index in [1.807, 2.05) is 45.2 Å². The molecule has 2 N–H and O–H groups in total. The summed E-state index contributed by atoms with van der Waals surface area (Å²) >= 11 is 6.22. The van der Waals surface area contributed by atoms with Crippen LogP contribution in [0.2, 0.25) is 5.02 Å². The van der Waals surface area contributed by atoms with Gasteiger partial charge in [-0.05, 0) is 32.4 Å². The molecular formula is C13H16Cl2N2. The van der Waals surface area contributed by atoms with Crippen molar-refractivity contribution >= 4 is 34.8 Å². The predicted molar refractivity (Wildman–Crippen MR) is 76.0 cm³/mol. The average molecular weight is 271 g/mol. The lowest BCUT2D eigenvalue weighted by Gasteiger charge is -2.21. The Labute approximate surface area is 113 Å². The molecule has 1 aromatic carbocycles. The number of aryl methyl sites for hydroxylation is 1. The van der Waals surface area contributed by atoms with Crippen molar-refractivity contribution in [1.29, 1.82) is 0 Å². The molecule has 0 unspecified atom stereocenters. The quantitative estimate of drug-likeness (QED) is 0.856. The number of benzene rings is 1. The molecule has 2 nitrogen and oxygen atoms in total. The van der Waals surface area contributed by atoms with Crippen LogP contribution in [0.5, 0.6) is 0 Å². The second-order valence-corrected chi connectivity index (χ2v) is 5.08. The van der Waals surface area contributed by atoms with Gasteiger partial charge in [0.05, 0.1) is 11.2 Å². The zero-order chi connectivity index (χ0) is 11.9. The Bertz CT molecular complexity index is 537. The van der Waals surface area contributed by atoms with E-state index in [9.17, 15) is 0 Å². The first-order valence-corrected chi connectivity index (χ1v) is 5.62. The number of nitrogens with zero attached hydrogens (tertiary/aromatic N) is 1. The second kappa shape index (κ2) is 4.81. The zero-order valence-corrected chi connectivity index (χ0v) is 11.7. The number of hydrogen-bond donors (Lipinski definition) is 1. The van der Waals surface area contributed by atoms with E-state index in [2.05, 4.69) is 4.98 Å². The number of rotatable bonds is 1. The van der Waals surface area contributed by atoms with Crippen LogP contribution in [0.3, 0.4) is 0 Å². The maximum Gasteiger partial charge on any atom is 0.0675 e. The van der Waals surface area contributed by atoms with E-state index < -0.39 is 5.54 Å². The second-order valence-electron chi connectivity index (χ2n) is 4.67. The maximum atomic E-state index is 6.22. The Morgan fingerprint density at radius 3 is 2.53 bits per heavy atom. The molecule has 0 spiro atoms. The minimum Gasteiger partial charge on any atom is -0.321 e. The SMILES string of the molecule is Cc1cnc(C(C)(C)N)c2cccc(Cl)c12.Cl. The van der Waals surface area contributed by atoms with Crippen LogP contribution < -0.4 is 5.73 Å². The normalized spacial score (nSPS) is 11.4. The van der Waals surface area contributed by atoms with Crippen LogP contribution in [0, 0.1) is 6.92 Å². The molecule has 92 valence electrons. The molecule has 0 aliphatic heterocycles. The minimum absolute atomic E-state index is 0. The van der Waals surface area contributed by atoms with E-state index in [0.29, 0.717) is 0 Å². The van der Waals surface area contributed by atoms with Crippen LogP contribution in [0.15, 0.2) is 24.4 Å². The Morgan fingerprint density at radius 1 is 1.29 bits per heavy atom. The standard InChI is InChI=1S/C13H15ClN2.ClH/c1-8-7-16-12(13(2,3)15)9-5-4-6-10(14)11(8)9;/h4-7H,15H2,1-3H3;1H. The Kier molecular flexibility index (Phi) is 4.03. The molecule has 2 aromatic rings. The van der Waals surface area contributed by atoms with Crippen molar-refractivity contribution in [3.8, 4) is 0 Å². The van der Waals surface area contributed by atoms with E-state index in [1.165, 1.54) is 0 Å². The highest BCUT2D eigenvalue weighted by Crippen LogP contribution is 2.31. The molecule has 0 saturated heterocycles. The molecule has 0 aliphatic rings. The lowest BCUT2D eigenvalue weighted by Crippen LogP contribution is -2.30. The third-order valence-electron chi connectivity index (χ3n) is 2.66. The van der Waals surface area contributed by atoms with E-state index in [1.54, 1.807) is 0 Å². The molecular weight excluding hydrogens is 255 g/mol. The molecule has 0 fully saturated rings. The molecule has 4 heteroatoms. The van der Waals surface area contributed by atoms with E-state index in [-0.39, 0.29) is 12.4 Å². The van der Waals surface area contributed by atoms with Crippen molar-refractivity contribution in [3.63, 3.8) is 0 Å². The van der Waals surface area contributed by atoms with Crippen molar-refractivity contribution in [2.24, 2.45) is 5.73 Å². The first-order chi connectivity index (χ1) is 7.41. The molecule has 0 saturated carbocycles. The number of pyridine rings is 1. The van der Waals surface area contributed by atoms with Gasteiger partial charge in [-0.2, -0.15) is 0 Å². The number of nitrogens with two attached hydrogens (primary N) is 1. The molecule has 2 rings (SSSR count). The predicted octanol–water partition coefficient (Wildman–Crippen LogP) is 3.81. The Balaban J connectivity index is 0.00000144. The van der Waals surface area contributed by atoms with E-state index >= 15 is 0 Å². The van der Waals surface area contributed by atoms with Crippen molar-refractivity contribution in [2.75, 3.05) is 0 Å². The summed E-state index contributed by atoms with van der Waals surface area (Å²) in [6.45, 7) is 5.91. The highest BCUT2D eigenvalue weighted by Gasteiger charge is 2.20. The third kappa shape index (κ3) is 2.54. The zero-order valence-electron chi connectivity index (χ0n) is 10.1. The molecule has 0 aliphatic carbocycles. The van der Waals surface area contributed by atoms with Gasteiger partial charge in [0.2, 0.25) is 0 Å². The van der Waals surface area contributed by atoms with Gasteiger partial charge in [-0.1, -0.05) is 23.7 Å². The Hall–Kier alpha value is -0.830. The average Bonchev–Trinajstić information content (AvgIpc) is 2.16. The van der Waals surface area contributed by atoms with Crippen LogP contribution in [0.25, 0.3) is 10.8 Å². The topological polar surface area (TPSA) is 38.9 Å². The summed E-state index contributed by atoms with van der Waals surface area (Å²) in [7, 11) is 0. The summed E-state index contributed by atoms with van der Waals surface area (Å²) in [5.41, 5.74) is 7.62. The van der Waals surface area contributed by atoms with E-state index in [4.69, 9.17) is 17.3 Å². The van der Waals surface area contributed by atoms with Crippen molar-refractivity contribution in [1.82, 2.24) is 4.98 Å². The maximum absolute atomic E-state index is 6.22. The third-order valence-corrected chi connectivity index (χ3v) is 2.98. The first-order valence-electron chi connectivity index (χ1n) is 5.24. The van der Waals surface area contributed by atoms with Gasteiger partial charge in [-0.15, -0.1) is 12.4 Å². The lowest BCUT2D eigenvalue weighted by molar-refractivity contribution is 0.541. The van der Waals surface area contributed by atoms with Crippen LogP contribution in [-0.2, 0) is 5.54 Å². The van der Waals surface area contributed by atoms with Gasteiger partial charge in [0.25, 0.3) is 0 Å². The fraction of sp³-hybridized carbons (Fsp3) is 0.308. The number of halogens is 2. The van der Waals surface area contributed by atoms with Crippen LogP contribution >= 0.6 is 24.0 Å². The van der Waals surface area contributed by atoms with Crippen LogP contribution in [0.4, 0.5) is 0 Å². The van der Waals surface area contributed by atoms with E-state index in [0.717, 1.165) is 27.1 Å². The molecule has 0 atom stereocenters. The summed E-state index contributed by atoms with van der Waals surface area (Å²) in [5.74, 6) is 0. The molecule has 0 bridgehead atoms.